The summed E-state index contributed by atoms with van der Waals surface area (Å²) < 4.78 is 0. The van der Waals surface area contributed by atoms with Gasteiger partial charge in [0.2, 0.25) is 0 Å². The van der Waals surface area contributed by atoms with Crippen LogP contribution in [0.25, 0.3) is 0 Å². The second-order valence-electron chi connectivity index (χ2n) is 8.09. The maximum atomic E-state index is 12.3. The van der Waals surface area contributed by atoms with Crippen molar-refractivity contribution in [1.82, 2.24) is 15.5 Å². The van der Waals surface area contributed by atoms with Crippen molar-refractivity contribution in [2.75, 3.05) is 25.0 Å². The Bertz CT molecular complexity index is 852. The van der Waals surface area contributed by atoms with Crippen molar-refractivity contribution < 1.29 is 4.79 Å². The van der Waals surface area contributed by atoms with E-state index in [0.29, 0.717) is 12.6 Å². The van der Waals surface area contributed by atoms with E-state index >= 15 is 0 Å². The van der Waals surface area contributed by atoms with E-state index in [1.807, 2.05) is 35.2 Å². The Morgan fingerprint density at radius 1 is 1.06 bits per heavy atom. The van der Waals surface area contributed by atoms with E-state index in [1.165, 1.54) is 5.56 Å². The fourth-order valence-corrected chi connectivity index (χ4v) is 3.69. The monoisotopic (exact) mass is 549 g/mol. The molecular weight excluding hydrogens is 513 g/mol. The minimum atomic E-state index is -0.0135. The number of aryl methyl sites for hydroxylation is 1. The number of guanidine groups is 1. The van der Waals surface area contributed by atoms with Crippen molar-refractivity contribution in [3.8, 4) is 0 Å². The third-order valence-corrected chi connectivity index (χ3v) is 5.43. The summed E-state index contributed by atoms with van der Waals surface area (Å²) in [4.78, 5) is 18.9. The van der Waals surface area contributed by atoms with Crippen molar-refractivity contribution >= 4 is 41.7 Å². The molecule has 3 N–H and O–H groups in total. The molecule has 3 rings (SSSR count). The van der Waals surface area contributed by atoms with Crippen LogP contribution in [0, 0.1) is 0 Å². The van der Waals surface area contributed by atoms with E-state index in [0.717, 1.165) is 62.5 Å². The minimum Gasteiger partial charge on any atom is -0.357 e. The number of benzene rings is 2. The molecule has 32 heavy (non-hydrogen) atoms. The van der Waals surface area contributed by atoms with E-state index in [-0.39, 0.29) is 30.0 Å². The summed E-state index contributed by atoms with van der Waals surface area (Å²) >= 11 is 0. The Morgan fingerprint density at radius 2 is 1.78 bits per heavy atom. The van der Waals surface area contributed by atoms with Gasteiger partial charge < -0.3 is 20.9 Å². The fraction of sp³-hybridized carbons (Fsp3) is 0.440. The fourth-order valence-electron chi connectivity index (χ4n) is 3.69. The van der Waals surface area contributed by atoms with Crippen molar-refractivity contribution in [1.29, 1.82) is 0 Å². The molecule has 1 heterocycles. The predicted octanol–water partition coefficient (Wildman–Crippen LogP) is 5.01. The van der Waals surface area contributed by atoms with Crippen LogP contribution in [0.1, 0.15) is 44.2 Å². The van der Waals surface area contributed by atoms with Crippen LogP contribution < -0.4 is 16.0 Å². The van der Waals surface area contributed by atoms with Gasteiger partial charge in [0.1, 0.15) is 0 Å². The number of rotatable bonds is 8. The molecule has 2 amide bonds. The number of carbonyl (C=O) groups excluding carboxylic acids is 1. The largest absolute Gasteiger partial charge is 0.357 e. The number of anilines is 1. The van der Waals surface area contributed by atoms with Gasteiger partial charge >= 0.3 is 6.03 Å². The lowest BCUT2D eigenvalue weighted by Crippen LogP contribution is -2.42. The number of hydrogen-bond donors (Lipinski definition) is 3. The van der Waals surface area contributed by atoms with Crippen LogP contribution in [0.4, 0.5) is 10.5 Å². The lowest BCUT2D eigenvalue weighted by molar-refractivity contribution is 0.222. The second-order valence-corrected chi connectivity index (χ2v) is 8.09. The maximum absolute atomic E-state index is 12.3. The Balaban J connectivity index is 0.00000363. The molecule has 174 valence electrons. The zero-order valence-electron chi connectivity index (χ0n) is 19.1. The standard InChI is InChI=1S/C25H35N5O.HI/c1-3-26-24(28-20(2)14-15-21-10-5-4-6-11-21)27-19-22-12-9-13-23(18-22)29-25(31)30-16-7-8-17-30;/h4-6,9-13,18,20H,3,7-8,14-17,19H2,1-2H3,(H,29,31)(H2,26,27,28);1H. The zero-order chi connectivity index (χ0) is 21.9. The highest BCUT2D eigenvalue weighted by molar-refractivity contribution is 14.0. The predicted molar refractivity (Wildman–Crippen MR) is 144 cm³/mol. The molecule has 1 saturated heterocycles. The van der Waals surface area contributed by atoms with Crippen LogP contribution >= 0.6 is 24.0 Å². The molecule has 1 atom stereocenters. The second kappa shape index (κ2) is 14.0. The number of halogens is 1. The topological polar surface area (TPSA) is 68.8 Å². The molecule has 1 fully saturated rings. The Kier molecular flexibility index (Phi) is 11.3. The molecule has 0 spiro atoms. The van der Waals surface area contributed by atoms with Crippen LogP contribution in [-0.4, -0.2) is 42.6 Å². The van der Waals surface area contributed by atoms with Crippen molar-refractivity contribution in [2.24, 2.45) is 4.99 Å². The van der Waals surface area contributed by atoms with E-state index in [1.54, 1.807) is 0 Å². The lowest BCUT2D eigenvalue weighted by Gasteiger charge is -2.18. The number of nitrogens with zero attached hydrogens (tertiary/aromatic N) is 2. The number of hydrogen-bond acceptors (Lipinski definition) is 2. The SMILES string of the molecule is CCNC(=NCc1cccc(NC(=O)N2CCCC2)c1)NC(C)CCc1ccccc1.I. The highest BCUT2D eigenvalue weighted by Crippen LogP contribution is 2.15. The number of carbonyl (C=O) groups is 1. The van der Waals surface area contributed by atoms with Crippen LogP contribution in [0.2, 0.25) is 0 Å². The van der Waals surface area contributed by atoms with Crippen molar-refractivity contribution in [3.63, 3.8) is 0 Å². The average Bonchev–Trinajstić information content (AvgIpc) is 3.32. The summed E-state index contributed by atoms with van der Waals surface area (Å²) in [5.74, 6) is 0.814. The molecule has 0 bridgehead atoms. The smallest absolute Gasteiger partial charge is 0.321 e. The first-order valence-electron chi connectivity index (χ1n) is 11.4. The highest BCUT2D eigenvalue weighted by Gasteiger charge is 2.17. The third-order valence-electron chi connectivity index (χ3n) is 5.43. The van der Waals surface area contributed by atoms with E-state index in [4.69, 9.17) is 4.99 Å². The molecule has 0 radical (unpaired) electrons. The number of amides is 2. The van der Waals surface area contributed by atoms with Crippen LogP contribution in [0.5, 0.6) is 0 Å². The van der Waals surface area contributed by atoms with Gasteiger partial charge in [-0.15, -0.1) is 24.0 Å². The molecular formula is C25H36IN5O. The minimum absolute atomic E-state index is 0. The lowest BCUT2D eigenvalue weighted by atomic mass is 10.1. The molecule has 0 aliphatic carbocycles. The first kappa shape index (κ1) is 26.0. The van der Waals surface area contributed by atoms with Crippen LogP contribution in [0.3, 0.4) is 0 Å². The van der Waals surface area contributed by atoms with Gasteiger partial charge in [-0.1, -0.05) is 42.5 Å². The van der Waals surface area contributed by atoms with E-state index in [2.05, 4.69) is 54.1 Å². The first-order chi connectivity index (χ1) is 15.1. The normalized spacial score (nSPS) is 14.4. The molecule has 1 aliphatic rings. The van der Waals surface area contributed by atoms with Gasteiger partial charge in [0.15, 0.2) is 5.96 Å². The van der Waals surface area contributed by atoms with Crippen LogP contribution in [-0.2, 0) is 13.0 Å². The summed E-state index contributed by atoms with van der Waals surface area (Å²) in [5, 5.41) is 9.84. The van der Waals surface area contributed by atoms with Gasteiger partial charge in [0.05, 0.1) is 6.54 Å². The number of urea groups is 1. The van der Waals surface area contributed by atoms with Gasteiger partial charge in [0.25, 0.3) is 0 Å². The van der Waals surface area contributed by atoms with Gasteiger partial charge in [-0.25, -0.2) is 9.79 Å². The summed E-state index contributed by atoms with van der Waals surface area (Å²) in [6.45, 7) is 7.30. The van der Waals surface area contributed by atoms with E-state index in [9.17, 15) is 4.79 Å². The summed E-state index contributed by atoms with van der Waals surface area (Å²) in [6, 6.07) is 18.8. The summed E-state index contributed by atoms with van der Waals surface area (Å²) in [7, 11) is 0. The molecule has 7 heteroatoms. The van der Waals surface area contributed by atoms with Crippen molar-refractivity contribution in [3.05, 3.63) is 65.7 Å². The van der Waals surface area contributed by atoms with Gasteiger partial charge in [-0.2, -0.15) is 0 Å². The van der Waals surface area contributed by atoms with Gasteiger partial charge in [0, 0.05) is 31.4 Å². The molecule has 6 nitrogen and oxygen atoms in total. The highest BCUT2D eigenvalue weighted by atomic mass is 127. The first-order valence-corrected chi connectivity index (χ1v) is 11.4. The number of nitrogens with one attached hydrogen (secondary N) is 3. The molecule has 2 aromatic carbocycles. The zero-order valence-corrected chi connectivity index (χ0v) is 21.5. The molecule has 1 aliphatic heterocycles. The van der Waals surface area contributed by atoms with Crippen LogP contribution in [0.15, 0.2) is 59.6 Å². The molecule has 2 aromatic rings. The van der Waals surface area contributed by atoms with Gasteiger partial charge in [-0.3, -0.25) is 0 Å². The van der Waals surface area contributed by atoms with E-state index < -0.39 is 0 Å². The molecule has 0 saturated carbocycles. The number of aliphatic imine (C=N–C) groups is 1. The average molecular weight is 550 g/mol. The molecule has 0 aromatic heterocycles. The quantitative estimate of drug-likeness (QED) is 0.247. The summed E-state index contributed by atoms with van der Waals surface area (Å²) in [6.07, 6.45) is 4.25. The third kappa shape index (κ3) is 8.68. The molecule has 1 unspecified atom stereocenters. The summed E-state index contributed by atoms with van der Waals surface area (Å²) in [5.41, 5.74) is 3.23. The maximum Gasteiger partial charge on any atom is 0.321 e. The Labute approximate surface area is 209 Å². The van der Waals surface area contributed by atoms with Gasteiger partial charge in [-0.05, 0) is 62.8 Å². The Hall–Kier alpha value is -2.29. The Morgan fingerprint density at radius 3 is 2.50 bits per heavy atom. The number of likely N-dealkylation sites (tertiary alicyclic amines) is 1. The van der Waals surface area contributed by atoms with Crippen molar-refractivity contribution in [2.45, 2.75) is 52.1 Å².